The molecule has 0 heterocycles. The molecule has 1 nitrogen and oxygen atoms in total. The molecule has 0 bridgehead atoms. The standard InChI is InChI=1S/C5H6Cl2O/c1-3-2-5(6,7)4(3)8/h3H,2H2,1H3/t3-/m0/s1. The predicted octanol–water partition coefficient (Wildman–Crippen LogP) is 1.77. The summed E-state index contributed by atoms with van der Waals surface area (Å²) in [6, 6.07) is 0. The Morgan fingerprint density at radius 3 is 2.25 bits per heavy atom. The molecule has 0 amide bonds. The topological polar surface area (TPSA) is 17.1 Å². The van der Waals surface area contributed by atoms with Crippen molar-refractivity contribution in [3.05, 3.63) is 0 Å². The number of carbonyl (C=O) groups excluding carboxylic acids is 1. The Morgan fingerprint density at radius 1 is 1.75 bits per heavy atom. The van der Waals surface area contributed by atoms with Crippen LogP contribution in [-0.4, -0.2) is 10.1 Å². The van der Waals surface area contributed by atoms with Gasteiger partial charge in [0.25, 0.3) is 0 Å². The van der Waals surface area contributed by atoms with E-state index in [1.807, 2.05) is 6.92 Å². The lowest BCUT2D eigenvalue weighted by Gasteiger charge is -2.33. The lowest BCUT2D eigenvalue weighted by molar-refractivity contribution is -0.129. The van der Waals surface area contributed by atoms with Crippen molar-refractivity contribution >= 4 is 29.0 Å². The van der Waals surface area contributed by atoms with E-state index in [0.717, 1.165) is 0 Å². The summed E-state index contributed by atoms with van der Waals surface area (Å²) in [5.74, 6) is 0.0332. The fourth-order valence-electron chi connectivity index (χ4n) is 0.807. The molecule has 0 aromatic carbocycles. The van der Waals surface area contributed by atoms with E-state index >= 15 is 0 Å². The van der Waals surface area contributed by atoms with E-state index in [4.69, 9.17) is 23.2 Å². The Morgan fingerprint density at radius 2 is 2.25 bits per heavy atom. The van der Waals surface area contributed by atoms with Crippen molar-refractivity contribution in [2.75, 3.05) is 0 Å². The molecule has 0 aromatic rings. The maximum atomic E-state index is 10.6. The lowest BCUT2D eigenvalue weighted by Crippen LogP contribution is -2.44. The SMILES string of the molecule is C[C@H]1CC(Cl)(Cl)C1=O. The first-order valence-corrected chi connectivity index (χ1v) is 3.22. The summed E-state index contributed by atoms with van der Waals surface area (Å²) in [6.07, 6.45) is 0.606. The van der Waals surface area contributed by atoms with Crippen molar-refractivity contribution in [3.8, 4) is 0 Å². The normalized spacial score (nSPS) is 34.4. The van der Waals surface area contributed by atoms with Crippen LogP contribution in [-0.2, 0) is 4.79 Å². The van der Waals surface area contributed by atoms with Gasteiger partial charge in [0, 0.05) is 5.92 Å². The van der Waals surface area contributed by atoms with Gasteiger partial charge in [-0.05, 0) is 6.42 Å². The Hall–Kier alpha value is 0.250. The van der Waals surface area contributed by atoms with E-state index < -0.39 is 4.33 Å². The largest absolute Gasteiger partial charge is 0.296 e. The van der Waals surface area contributed by atoms with E-state index in [-0.39, 0.29) is 11.7 Å². The van der Waals surface area contributed by atoms with Crippen LogP contribution in [0, 0.1) is 5.92 Å². The van der Waals surface area contributed by atoms with Crippen LogP contribution in [0.25, 0.3) is 0 Å². The minimum Gasteiger partial charge on any atom is -0.296 e. The van der Waals surface area contributed by atoms with Crippen LogP contribution < -0.4 is 0 Å². The van der Waals surface area contributed by atoms with E-state index in [1.165, 1.54) is 0 Å². The van der Waals surface area contributed by atoms with Gasteiger partial charge in [-0.15, -0.1) is 0 Å². The molecule has 0 saturated heterocycles. The lowest BCUT2D eigenvalue weighted by atomic mass is 9.84. The second-order valence-electron chi connectivity index (χ2n) is 2.17. The molecule has 0 N–H and O–H groups in total. The van der Waals surface area contributed by atoms with Crippen LogP contribution >= 0.6 is 23.2 Å². The summed E-state index contributed by atoms with van der Waals surface area (Å²) >= 11 is 10.9. The van der Waals surface area contributed by atoms with Crippen molar-refractivity contribution < 1.29 is 4.79 Å². The molecule has 8 heavy (non-hydrogen) atoms. The fourth-order valence-corrected chi connectivity index (χ4v) is 1.64. The quantitative estimate of drug-likeness (QED) is 0.484. The number of hydrogen-bond donors (Lipinski definition) is 0. The van der Waals surface area contributed by atoms with Gasteiger partial charge in [0.1, 0.15) is 0 Å². The van der Waals surface area contributed by atoms with Crippen molar-refractivity contribution in [3.63, 3.8) is 0 Å². The number of carbonyl (C=O) groups is 1. The fraction of sp³-hybridized carbons (Fsp3) is 0.800. The maximum absolute atomic E-state index is 10.6. The van der Waals surface area contributed by atoms with Crippen LogP contribution in [0.1, 0.15) is 13.3 Å². The van der Waals surface area contributed by atoms with Crippen LogP contribution in [0.2, 0.25) is 0 Å². The molecule has 0 radical (unpaired) electrons. The number of ketones is 1. The van der Waals surface area contributed by atoms with Gasteiger partial charge in [-0.2, -0.15) is 0 Å². The minimum absolute atomic E-state index is 0.0409. The highest BCUT2D eigenvalue weighted by molar-refractivity contribution is 6.60. The second-order valence-corrected chi connectivity index (χ2v) is 3.66. The maximum Gasteiger partial charge on any atom is 0.176 e. The summed E-state index contributed by atoms with van der Waals surface area (Å²) in [5, 5.41) is 0. The van der Waals surface area contributed by atoms with Crippen LogP contribution in [0.3, 0.4) is 0 Å². The first-order chi connectivity index (χ1) is 3.54. The van der Waals surface area contributed by atoms with Crippen molar-refractivity contribution in [1.29, 1.82) is 0 Å². The molecule has 0 aromatic heterocycles. The summed E-state index contributed by atoms with van der Waals surface area (Å²) in [6.45, 7) is 1.82. The molecule has 0 aliphatic heterocycles. The highest BCUT2D eigenvalue weighted by Crippen LogP contribution is 2.42. The predicted molar refractivity (Wildman–Crippen MR) is 33.2 cm³/mol. The second kappa shape index (κ2) is 1.61. The van der Waals surface area contributed by atoms with Gasteiger partial charge >= 0.3 is 0 Å². The molecule has 1 fully saturated rings. The van der Waals surface area contributed by atoms with E-state index in [1.54, 1.807) is 0 Å². The summed E-state index contributed by atoms with van der Waals surface area (Å²) in [5.41, 5.74) is 0. The van der Waals surface area contributed by atoms with Crippen molar-refractivity contribution in [2.24, 2.45) is 5.92 Å². The third kappa shape index (κ3) is 0.741. The average Bonchev–Trinajstić information content (AvgIpc) is 1.65. The minimum atomic E-state index is -1.04. The van der Waals surface area contributed by atoms with Crippen LogP contribution in [0.5, 0.6) is 0 Å². The van der Waals surface area contributed by atoms with Gasteiger partial charge in [0.2, 0.25) is 0 Å². The number of alkyl halides is 2. The summed E-state index contributed by atoms with van der Waals surface area (Å²) < 4.78 is -1.04. The highest BCUT2D eigenvalue weighted by atomic mass is 35.5. The molecule has 0 unspecified atom stereocenters. The van der Waals surface area contributed by atoms with Crippen molar-refractivity contribution in [1.82, 2.24) is 0 Å². The molecule has 1 aliphatic carbocycles. The number of halogens is 2. The number of hydrogen-bond acceptors (Lipinski definition) is 1. The first kappa shape index (κ1) is 6.37. The number of rotatable bonds is 0. The third-order valence-electron chi connectivity index (χ3n) is 1.37. The highest BCUT2D eigenvalue weighted by Gasteiger charge is 2.48. The van der Waals surface area contributed by atoms with Gasteiger partial charge in [-0.1, -0.05) is 30.1 Å². The zero-order valence-electron chi connectivity index (χ0n) is 4.45. The van der Waals surface area contributed by atoms with E-state index in [0.29, 0.717) is 6.42 Å². The number of Topliss-reactive ketones (excluding diaryl/α,β-unsaturated/α-hetero) is 1. The van der Waals surface area contributed by atoms with Gasteiger partial charge in [-0.3, -0.25) is 4.79 Å². The van der Waals surface area contributed by atoms with E-state index in [9.17, 15) is 4.79 Å². The van der Waals surface area contributed by atoms with Gasteiger partial charge in [0.05, 0.1) is 0 Å². The molecular weight excluding hydrogens is 147 g/mol. The zero-order chi connectivity index (χ0) is 6.36. The average molecular weight is 153 g/mol. The Bertz CT molecular complexity index is 130. The summed E-state index contributed by atoms with van der Waals surface area (Å²) in [4.78, 5) is 10.6. The Balaban J connectivity index is 2.61. The van der Waals surface area contributed by atoms with Crippen LogP contribution in [0.4, 0.5) is 0 Å². The van der Waals surface area contributed by atoms with Crippen LogP contribution in [0.15, 0.2) is 0 Å². The van der Waals surface area contributed by atoms with Gasteiger partial charge in [0.15, 0.2) is 10.1 Å². The van der Waals surface area contributed by atoms with Gasteiger partial charge < -0.3 is 0 Å². The molecule has 1 rings (SSSR count). The van der Waals surface area contributed by atoms with Gasteiger partial charge in [-0.25, -0.2) is 0 Å². The van der Waals surface area contributed by atoms with Crippen molar-refractivity contribution in [2.45, 2.75) is 17.7 Å². The molecule has 1 atom stereocenters. The molecular formula is C5H6Cl2O. The Kier molecular flexibility index (Phi) is 1.28. The van der Waals surface area contributed by atoms with E-state index in [2.05, 4.69) is 0 Å². The third-order valence-corrected chi connectivity index (χ3v) is 2.05. The molecule has 1 saturated carbocycles. The smallest absolute Gasteiger partial charge is 0.176 e. The first-order valence-electron chi connectivity index (χ1n) is 2.46. The summed E-state index contributed by atoms with van der Waals surface area (Å²) in [7, 11) is 0. The zero-order valence-corrected chi connectivity index (χ0v) is 5.96. The molecule has 1 aliphatic rings. The molecule has 0 spiro atoms. The monoisotopic (exact) mass is 152 g/mol. The molecule has 46 valence electrons. The molecule has 3 heteroatoms. The Labute approximate surface area is 58.0 Å².